The molecule has 0 saturated heterocycles. The summed E-state index contributed by atoms with van der Waals surface area (Å²) in [4.78, 5) is 28.6. The number of phenolic OH excluding ortho intramolecular Hbond substituents is 4. The summed E-state index contributed by atoms with van der Waals surface area (Å²) in [6.07, 6.45) is 10.3. The molecular formula is C84H130N6O16Si8. The Kier molecular flexibility index (Phi) is 34.5. The topological polar surface area (TPSA) is 269 Å². The van der Waals surface area contributed by atoms with E-state index in [4.69, 9.17) is 83.0 Å². The lowest BCUT2D eigenvalue weighted by molar-refractivity contribution is 0.232. The lowest BCUT2D eigenvalue weighted by Crippen LogP contribution is -2.60. The van der Waals surface area contributed by atoms with Crippen molar-refractivity contribution < 1.29 is 73.5 Å². The molecule has 2 aromatic heterocycles. The third kappa shape index (κ3) is 31.0. The van der Waals surface area contributed by atoms with Crippen molar-refractivity contribution in [2.75, 3.05) is 40.6 Å². The average Bonchev–Trinajstić information content (AvgIpc) is 0.815. The number of hydrogen-bond acceptors (Lipinski definition) is 22. The van der Waals surface area contributed by atoms with Crippen LogP contribution in [0.2, 0.25) is 130 Å². The zero-order valence-corrected chi connectivity index (χ0v) is 80.4. The second-order valence-electron chi connectivity index (χ2n) is 34.8. The van der Waals surface area contributed by atoms with Crippen LogP contribution in [-0.4, -0.2) is 158 Å². The molecule has 2 atom stereocenters. The van der Waals surface area contributed by atoms with E-state index in [1.54, 1.807) is 74.9 Å². The van der Waals surface area contributed by atoms with Gasteiger partial charge in [-0.3, -0.25) is 0 Å². The van der Waals surface area contributed by atoms with Crippen molar-refractivity contribution in [3.63, 3.8) is 0 Å². The van der Waals surface area contributed by atoms with Crippen LogP contribution in [0.25, 0.3) is 68.3 Å². The third-order valence-corrected chi connectivity index (χ3v) is 41.5. The molecule has 8 rings (SSSR count). The molecule has 0 radical (unpaired) electrons. The van der Waals surface area contributed by atoms with Crippen LogP contribution in [0.4, 0.5) is 0 Å². The van der Waals surface area contributed by atoms with Gasteiger partial charge in [-0.2, -0.15) is 0 Å². The fourth-order valence-corrected chi connectivity index (χ4v) is 41.8. The summed E-state index contributed by atoms with van der Waals surface area (Å²) in [7, 11) is -14.9. The summed E-state index contributed by atoms with van der Waals surface area (Å²) < 4.78 is 76.3. The minimum absolute atomic E-state index is 0.00143. The number of benzene rings is 6. The summed E-state index contributed by atoms with van der Waals surface area (Å²) in [5, 5.41) is 45.2. The molecule has 0 saturated carbocycles. The van der Waals surface area contributed by atoms with E-state index in [2.05, 4.69) is 146 Å². The Hall–Kier alpha value is -7.16. The molecule has 0 amide bonds. The van der Waals surface area contributed by atoms with Gasteiger partial charge in [-0.15, -0.1) is 0 Å². The largest absolute Gasteiger partial charge is 0.507 e. The number of nitrogens with zero attached hydrogens (tertiary/aromatic N) is 6. The van der Waals surface area contributed by atoms with Crippen molar-refractivity contribution in [2.24, 2.45) is 11.8 Å². The van der Waals surface area contributed by atoms with Gasteiger partial charge in [-0.1, -0.05) is 66.2 Å². The Balaban J connectivity index is 0.000000340. The SMILES string of the molecule is CCCCC(CC)COc1ccc(-c2nc(-c3ccc(OC)cc3)nc(-c3ccc(OCC(CC)CCCC)cc3O)n2)c(O)c1.COc1ccc(-c2nc(-c3ccc(OCCC[Si](O[Si](C)(C)C)(O[Si](C)(C)C)O[Si](C)(C)C)cc3O)nc(-c3ccc(OCCC[Si](O[Si](C)(C)C)(O[Si](C)(C)C)O[Si](C)(C)C)cc3O)n2)cc1. The summed E-state index contributed by atoms with van der Waals surface area (Å²) >= 11 is 0. The van der Waals surface area contributed by atoms with Crippen molar-refractivity contribution in [3.05, 3.63) is 121 Å². The van der Waals surface area contributed by atoms with Gasteiger partial charge in [0.25, 0.3) is 0 Å². The van der Waals surface area contributed by atoms with Crippen LogP contribution in [-0.2, 0) is 24.7 Å². The summed E-state index contributed by atoms with van der Waals surface area (Å²) in [5.74, 6) is 6.05. The van der Waals surface area contributed by atoms with Gasteiger partial charge in [-0.05, 0) is 252 Å². The Labute approximate surface area is 688 Å². The molecule has 0 aliphatic carbocycles. The molecule has 114 heavy (non-hydrogen) atoms. The van der Waals surface area contributed by atoms with Crippen LogP contribution in [0.15, 0.2) is 121 Å². The molecule has 6 aromatic carbocycles. The van der Waals surface area contributed by atoms with E-state index < -0.39 is 67.5 Å². The number of hydrogen-bond donors (Lipinski definition) is 4. The number of rotatable bonds is 44. The van der Waals surface area contributed by atoms with Crippen LogP contribution in [0.5, 0.6) is 57.5 Å². The molecule has 30 heteroatoms. The van der Waals surface area contributed by atoms with Crippen LogP contribution >= 0.6 is 0 Å². The predicted molar refractivity (Wildman–Crippen MR) is 478 cm³/mol. The second kappa shape index (κ2) is 41.8. The highest BCUT2D eigenvalue weighted by Gasteiger charge is 2.51. The van der Waals surface area contributed by atoms with Crippen molar-refractivity contribution in [2.45, 2.75) is 222 Å². The van der Waals surface area contributed by atoms with Gasteiger partial charge in [0.05, 0.1) is 62.9 Å². The molecule has 0 aliphatic heterocycles. The minimum Gasteiger partial charge on any atom is -0.507 e. The number of ether oxygens (including phenoxy) is 6. The predicted octanol–water partition coefficient (Wildman–Crippen LogP) is 22.3. The Bertz CT molecular complexity index is 4040. The fourth-order valence-electron chi connectivity index (χ4n) is 12.5. The molecular weight excluding hydrogens is 1570 g/mol. The highest BCUT2D eigenvalue weighted by molar-refractivity contribution is 6.91. The van der Waals surface area contributed by atoms with Crippen LogP contribution < -0.4 is 28.4 Å². The first-order chi connectivity index (χ1) is 53.4. The molecule has 0 bridgehead atoms. The first kappa shape index (κ1) is 94.0. The monoisotopic (exact) mass is 1700 g/mol. The Morgan fingerprint density at radius 3 is 0.754 bits per heavy atom. The lowest BCUT2D eigenvalue weighted by Gasteiger charge is -2.43. The van der Waals surface area contributed by atoms with E-state index in [0.29, 0.717) is 137 Å². The smallest absolute Gasteiger partial charge is 0.469 e. The Morgan fingerprint density at radius 2 is 0.535 bits per heavy atom. The minimum atomic E-state index is -3.02. The van der Waals surface area contributed by atoms with Crippen molar-refractivity contribution in [1.82, 2.24) is 29.9 Å². The van der Waals surface area contributed by atoms with Gasteiger partial charge in [0, 0.05) is 47.5 Å². The quantitative estimate of drug-likeness (QED) is 0.0204. The van der Waals surface area contributed by atoms with E-state index in [1.165, 1.54) is 12.8 Å². The van der Waals surface area contributed by atoms with Gasteiger partial charge in [0.2, 0.25) is 0 Å². The van der Waals surface area contributed by atoms with E-state index in [9.17, 15) is 20.4 Å². The van der Waals surface area contributed by atoms with Gasteiger partial charge in [-0.25, -0.2) is 29.9 Å². The number of methoxy groups -OCH3 is 2. The maximum Gasteiger partial charge on any atom is 0.469 e. The number of aromatic nitrogens is 6. The number of aromatic hydroxyl groups is 4. The molecule has 0 spiro atoms. The van der Waals surface area contributed by atoms with Crippen molar-refractivity contribution >= 4 is 67.5 Å². The summed E-state index contributed by atoms with van der Waals surface area (Å²) in [6, 6.07) is 36.5. The zero-order valence-electron chi connectivity index (χ0n) is 72.4. The van der Waals surface area contributed by atoms with E-state index >= 15 is 0 Å². The van der Waals surface area contributed by atoms with Gasteiger partial charge in [0.15, 0.2) is 84.9 Å². The molecule has 0 fully saturated rings. The normalized spacial score (nSPS) is 13.1. The zero-order chi connectivity index (χ0) is 84.0. The van der Waals surface area contributed by atoms with E-state index in [0.717, 1.165) is 44.1 Å². The maximum absolute atomic E-state index is 11.5. The molecule has 8 aromatic rings. The maximum atomic E-state index is 11.5. The van der Waals surface area contributed by atoms with Crippen LogP contribution in [0.3, 0.4) is 0 Å². The molecule has 2 unspecified atom stereocenters. The standard InChI is InChI=1S/C46H81N3O11Si8.C38H49N3O5/c1-52-37-24-22-36(23-25-37)44-47-45(40-28-26-38(34-42(40)50)53-30-20-32-67(55-61(2,3)4,56-62(5,6)7)57-63(8,9)10)49-46(48-44)41-29-27-39(35-43(41)51)54-31-21-33-68(58-64(11,12)13,59-65(14,15)16)60-66(17,18)19;1-6-10-12-26(8-3)24-45-30-18-20-32(34(42)22-30)37-39-36(28-14-16-29(44-5)17-15-28)40-38(41-37)33-21-19-31(23-35(33)43)46-25-27(9-4)13-11-7-2/h22-29,34-35,50-51H,20-21,30-33H2,1-19H3;14-23,26-27,42-43H,6-13,24-25H2,1-5H3. The molecule has 0 aliphatic rings. The first-order valence-electron chi connectivity index (χ1n) is 40.3. The summed E-state index contributed by atoms with van der Waals surface area (Å²) in [5.41, 5.74) is 3.02. The molecule has 4 N–H and O–H groups in total. The van der Waals surface area contributed by atoms with Gasteiger partial charge >= 0.3 is 17.6 Å². The first-order valence-corrected chi connectivity index (χ1v) is 64.6. The lowest BCUT2D eigenvalue weighted by atomic mass is 10.0. The van der Waals surface area contributed by atoms with E-state index in [-0.39, 0.29) is 46.3 Å². The fraction of sp³-hybridized carbons (Fsp3) is 0.500. The summed E-state index contributed by atoms with van der Waals surface area (Å²) in [6.45, 7) is 49.9. The molecule has 624 valence electrons. The van der Waals surface area contributed by atoms with Gasteiger partial charge in [0.1, 0.15) is 57.5 Å². The Morgan fingerprint density at radius 1 is 0.298 bits per heavy atom. The van der Waals surface area contributed by atoms with Crippen LogP contribution in [0, 0.1) is 11.8 Å². The number of phenols is 4. The number of unbranched alkanes of at least 4 members (excludes halogenated alkanes) is 2. The molecule has 2 heterocycles. The average molecular weight is 1700 g/mol. The van der Waals surface area contributed by atoms with Crippen LogP contribution in [0.1, 0.15) is 91.9 Å². The highest BCUT2D eigenvalue weighted by atomic mass is 28.5. The highest BCUT2D eigenvalue weighted by Crippen LogP contribution is 2.41. The third-order valence-electron chi connectivity index (χ3n) is 17.4. The van der Waals surface area contributed by atoms with E-state index in [1.807, 2.05) is 60.7 Å². The van der Waals surface area contributed by atoms with Crippen molar-refractivity contribution in [1.29, 1.82) is 0 Å². The second-order valence-corrected chi connectivity index (χ2v) is 68.8. The van der Waals surface area contributed by atoms with Gasteiger partial charge < -0.3 is 73.5 Å². The van der Waals surface area contributed by atoms with Crippen molar-refractivity contribution in [3.8, 4) is 126 Å². The molecule has 22 nitrogen and oxygen atoms in total.